The smallest absolute Gasteiger partial charge is 0.307 e. The summed E-state index contributed by atoms with van der Waals surface area (Å²) in [5.74, 6) is -0.174. The SMILES string of the molecule is COCCN1C[C@@H](c2ccccc2)CC[C@@H](OC(=O)CC(C)(C)C)C1=O. The van der Waals surface area contributed by atoms with Crippen molar-refractivity contribution < 1.29 is 19.1 Å². The van der Waals surface area contributed by atoms with Crippen LogP contribution in [0.1, 0.15) is 51.5 Å². The zero-order valence-electron chi connectivity index (χ0n) is 16.4. The van der Waals surface area contributed by atoms with Crippen LogP contribution in [0.3, 0.4) is 0 Å². The van der Waals surface area contributed by atoms with Crippen LogP contribution in [-0.4, -0.2) is 49.7 Å². The molecule has 1 heterocycles. The van der Waals surface area contributed by atoms with Crippen molar-refractivity contribution in [3.63, 3.8) is 0 Å². The Kier molecular flexibility index (Phi) is 7.21. The standard InChI is InChI=1S/C21H31NO4/c1-21(2,3)14-19(23)26-18-11-10-17(16-8-6-5-7-9-16)15-22(20(18)24)12-13-25-4/h5-9,17-18H,10-15H2,1-4H3/t17-,18+/m0/s1. The van der Waals surface area contributed by atoms with E-state index in [2.05, 4.69) is 12.1 Å². The van der Waals surface area contributed by atoms with Crippen molar-refractivity contribution in [3.8, 4) is 0 Å². The first-order valence-electron chi connectivity index (χ1n) is 9.32. The molecule has 1 aliphatic heterocycles. The van der Waals surface area contributed by atoms with Gasteiger partial charge in [-0.2, -0.15) is 0 Å². The van der Waals surface area contributed by atoms with E-state index in [9.17, 15) is 9.59 Å². The van der Waals surface area contributed by atoms with E-state index in [4.69, 9.17) is 9.47 Å². The predicted octanol–water partition coefficient (Wildman–Crippen LogP) is 3.39. The zero-order valence-corrected chi connectivity index (χ0v) is 16.4. The van der Waals surface area contributed by atoms with Gasteiger partial charge in [0.25, 0.3) is 5.91 Å². The van der Waals surface area contributed by atoms with Gasteiger partial charge in [-0.1, -0.05) is 51.1 Å². The van der Waals surface area contributed by atoms with E-state index in [1.807, 2.05) is 39.0 Å². The first-order chi connectivity index (χ1) is 12.3. The number of ether oxygens (including phenoxy) is 2. The highest BCUT2D eigenvalue weighted by Gasteiger charge is 2.34. The fraction of sp³-hybridized carbons (Fsp3) is 0.619. The summed E-state index contributed by atoms with van der Waals surface area (Å²) < 4.78 is 10.7. The summed E-state index contributed by atoms with van der Waals surface area (Å²) in [6, 6.07) is 10.2. The normalized spacial score (nSPS) is 21.4. The Balaban J connectivity index is 2.12. The van der Waals surface area contributed by atoms with Gasteiger partial charge in [0.2, 0.25) is 0 Å². The van der Waals surface area contributed by atoms with Gasteiger partial charge in [0, 0.05) is 26.1 Å². The molecule has 0 radical (unpaired) electrons. The lowest BCUT2D eigenvalue weighted by Gasteiger charge is -2.26. The molecule has 0 unspecified atom stereocenters. The highest BCUT2D eigenvalue weighted by Crippen LogP contribution is 2.29. The number of amides is 1. The number of carbonyl (C=O) groups excluding carboxylic acids is 2. The van der Waals surface area contributed by atoms with E-state index >= 15 is 0 Å². The maximum Gasteiger partial charge on any atom is 0.307 e. The van der Waals surface area contributed by atoms with Crippen molar-refractivity contribution in [1.82, 2.24) is 4.90 Å². The number of nitrogens with zero attached hydrogens (tertiary/aromatic N) is 1. The molecule has 1 fully saturated rings. The highest BCUT2D eigenvalue weighted by molar-refractivity contribution is 5.84. The molecule has 26 heavy (non-hydrogen) atoms. The zero-order chi connectivity index (χ0) is 19.2. The van der Waals surface area contributed by atoms with E-state index in [0.29, 0.717) is 32.5 Å². The molecule has 1 aliphatic rings. The van der Waals surface area contributed by atoms with Crippen LogP contribution in [0.2, 0.25) is 0 Å². The van der Waals surface area contributed by atoms with Gasteiger partial charge in [-0.25, -0.2) is 0 Å². The van der Waals surface area contributed by atoms with Gasteiger partial charge in [0.05, 0.1) is 13.0 Å². The molecule has 1 saturated heterocycles. The monoisotopic (exact) mass is 361 g/mol. The summed E-state index contributed by atoms with van der Waals surface area (Å²) >= 11 is 0. The van der Waals surface area contributed by atoms with E-state index in [1.165, 1.54) is 5.56 Å². The van der Waals surface area contributed by atoms with E-state index in [0.717, 1.165) is 6.42 Å². The molecule has 1 amide bonds. The average Bonchev–Trinajstić information content (AvgIpc) is 2.72. The van der Waals surface area contributed by atoms with Crippen LogP contribution in [0.4, 0.5) is 0 Å². The minimum atomic E-state index is -0.699. The summed E-state index contributed by atoms with van der Waals surface area (Å²) in [5, 5.41) is 0. The van der Waals surface area contributed by atoms with E-state index in [1.54, 1.807) is 12.0 Å². The first kappa shape index (κ1) is 20.4. The van der Waals surface area contributed by atoms with Gasteiger partial charge in [-0.05, 0) is 23.8 Å². The molecule has 0 spiro atoms. The number of benzene rings is 1. The summed E-state index contributed by atoms with van der Waals surface area (Å²) in [6.07, 6.45) is 0.969. The van der Waals surface area contributed by atoms with Gasteiger partial charge in [0.1, 0.15) is 0 Å². The Morgan fingerprint density at radius 1 is 1.19 bits per heavy atom. The molecular formula is C21H31NO4. The van der Waals surface area contributed by atoms with E-state index in [-0.39, 0.29) is 23.2 Å². The molecule has 5 nitrogen and oxygen atoms in total. The topological polar surface area (TPSA) is 55.8 Å². The van der Waals surface area contributed by atoms with Crippen molar-refractivity contribution in [2.45, 2.75) is 52.1 Å². The van der Waals surface area contributed by atoms with Gasteiger partial charge >= 0.3 is 5.97 Å². The van der Waals surface area contributed by atoms with Crippen molar-refractivity contribution in [2.75, 3.05) is 26.8 Å². The molecule has 5 heteroatoms. The number of carbonyl (C=O) groups is 2. The Labute approximate surface area is 156 Å². The van der Waals surface area contributed by atoms with Crippen LogP contribution < -0.4 is 0 Å². The largest absolute Gasteiger partial charge is 0.452 e. The number of esters is 1. The van der Waals surface area contributed by atoms with Crippen molar-refractivity contribution in [3.05, 3.63) is 35.9 Å². The lowest BCUT2D eigenvalue weighted by atomic mass is 9.92. The summed E-state index contributed by atoms with van der Waals surface area (Å²) in [5.41, 5.74) is 1.05. The molecule has 0 aliphatic carbocycles. The molecule has 1 aromatic rings. The number of hydrogen-bond acceptors (Lipinski definition) is 4. The quantitative estimate of drug-likeness (QED) is 0.729. The number of methoxy groups -OCH3 is 1. The van der Waals surface area contributed by atoms with Gasteiger partial charge in [-0.3, -0.25) is 9.59 Å². The second-order valence-corrected chi connectivity index (χ2v) is 8.18. The maximum absolute atomic E-state index is 12.9. The fourth-order valence-corrected chi connectivity index (χ4v) is 3.27. The molecule has 144 valence electrons. The van der Waals surface area contributed by atoms with Crippen LogP contribution in [0.15, 0.2) is 30.3 Å². The molecule has 0 bridgehead atoms. The molecule has 2 rings (SSSR count). The summed E-state index contributed by atoms with van der Waals surface area (Å²) in [6.45, 7) is 7.56. The van der Waals surface area contributed by atoms with Crippen molar-refractivity contribution >= 4 is 11.9 Å². The minimum absolute atomic E-state index is 0.109. The minimum Gasteiger partial charge on any atom is -0.452 e. The van der Waals surface area contributed by atoms with E-state index < -0.39 is 6.10 Å². The van der Waals surface area contributed by atoms with Crippen LogP contribution in [0.5, 0.6) is 0 Å². The highest BCUT2D eigenvalue weighted by atomic mass is 16.5. The molecule has 0 aromatic heterocycles. The van der Waals surface area contributed by atoms with Crippen LogP contribution >= 0.6 is 0 Å². The maximum atomic E-state index is 12.9. The van der Waals surface area contributed by atoms with Crippen LogP contribution in [0, 0.1) is 5.41 Å². The molecule has 1 aromatic carbocycles. The summed E-state index contributed by atoms with van der Waals surface area (Å²) in [7, 11) is 1.62. The van der Waals surface area contributed by atoms with Gasteiger partial charge in [0.15, 0.2) is 6.10 Å². The summed E-state index contributed by atoms with van der Waals surface area (Å²) in [4.78, 5) is 26.9. The fourth-order valence-electron chi connectivity index (χ4n) is 3.27. The number of likely N-dealkylation sites (tertiary alicyclic amines) is 1. The Morgan fingerprint density at radius 3 is 2.50 bits per heavy atom. The van der Waals surface area contributed by atoms with Gasteiger partial charge in [-0.15, -0.1) is 0 Å². The second kappa shape index (κ2) is 9.17. The van der Waals surface area contributed by atoms with Crippen molar-refractivity contribution in [1.29, 1.82) is 0 Å². The molecular weight excluding hydrogens is 330 g/mol. The Bertz CT molecular complexity index is 594. The van der Waals surface area contributed by atoms with Crippen molar-refractivity contribution in [2.24, 2.45) is 5.41 Å². The first-order valence-corrected chi connectivity index (χ1v) is 9.32. The van der Waals surface area contributed by atoms with Crippen LogP contribution in [0.25, 0.3) is 0 Å². The molecule has 2 atom stereocenters. The van der Waals surface area contributed by atoms with Crippen LogP contribution in [-0.2, 0) is 19.1 Å². The third kappa shape index (κ3) is 6.13. The lowest BCUT2D eigenvalue weighted by Crippen LogP contribution is -2.42. The Hall–Kier alpha value is -1.88. The third-order valence-corrected chi connectivity index (χ3v) is 4.59. The number of rotatable bonds is 6. The second-order valence-electron chi connectivity index (χ2n) is 8.18. The molecule has 0 saturated carbocycles. The third-order valence-electron chi connectivity index (χ3n) is 4.59. The predicted molar refractivity (Wildman–Crippen MR) is 101 cm³/mol. The number of hydrogen-bond donors (Lipinski definition) is 0. The lowest BCUT2D eigenvalue weighted by molar-refractivity contribution is -0.161. The average molecular weight is 361 g/mol. The van der Waals surface area contributed by atoms with Gasteiger partial charge < -0.3 is 14.4 Å². The Morgan fingerprint density at radius 2 is 1.88 bits per heavy atom. The molecule has 0 N–H and O–H groups in total.